The average Bonchev–Trinajstić information content (AvgIpc) is 2.48. The summed E-state index contributed by atoms with van der Waals surface area (Å²) in [5.74, 6) is 0.940. The minimum absolute atomic E-state index is 0.210. The second-order valence-electron chi connectivity index (χ2n) is 5.15. The number of methoxy groups -OCH3 is 1. The third-order valence-electron chi connectivity index (χ3n) is 3.72. The fourth-order valence-electron chi connectivity index (χ4n) is 2.51. The zero-order valence-electron chi connectivity index (χ0n) is 12.5. The zero-order valence-corrected chi connectivity index (χ0v) is 14.1. The zero-order chi connectivity index (χ0) is 15.4. The van der Waals surface area contributed by atoms with E-state index in [1.165, 1.54) is 12.1 Å². The van der Waals surface area contributed by atoms with Gasteiger partial charge in [0.15, 0.2) is 0 Å². The van der Waals surface area contributed by atoms with E-state index >= 15 is 0 Å². The molecule has 0 amide bonds. The summed E-state index contributed by atoms with van der Waals surface area (Å²) in [6.45, 7) is 4.02. The summed E-state index contributed by atoms with van der Waals surface area (Å²) >= 11 is 3.55. The van der Waals surface area contributed by atoms with Crippen molar-refractivity contribution in [3.8, 4) is 5.75 Å². The lowest BCUT2D eigenvalue weighted by molar-refractivity contribution is 0.406. The topological polar surface area (TPSA) is 22.1 Å². The molecule has 0 saturated heterocycles. The Labute approximate surface area is 133 Å². The van der Waals surface area contributed by atoms with Crippen molar-refractivity contribution in [2.45, 2.75) is 26.2 Å². The molecule has 0 aliphatic rings. The van der Waals surface area contributed by atoms with Crippen LogP contribution >= 0.6 is 15.9 Å². The Kier molecular flexibility index (Phi) is 5.34. The van der Waals surface area contributed by atoms with Crippen LogP contribution in [0, 0.1) is 19.7 Å². The summed E-state index contributed by atoms with van der Waals surface area (Å²) in [4.78, 5) is 4.54. The predicted molar refractivity (Wildman–Crippen MR) is 86.9 cm³/mol. The van der Waals surface area contributed by atoms with Gasteiger partial charge in [-0.15, -0.1) is 0 Å². The van der Waals surface area contributed by atoms with Crippen LogP contribution in [0.3, 0.4) is 0 Å². The fourth-order valence-corrected chi connectivity index (χ4v) is 3.11. The van der Waals surface area contributed by atoms with E-state index in [2.05, 4.69) is 20.9 Å². The summed E-state index contributed by atoms with van der Waals surface area (Å²) in [6, 6.07) is 6.67. The molecule has 0 spiro atoms. The Hall–Kier alpha value is -1.42. The van der Waals surface area contributed by atoms with Gasteiger partial charge < -0.3 is 4.74 Å². The molecule has 0 aliphatic carbocycles. The Morgan fingerprint density at radius 3 is 2.48 bits per heavy atom. The van der Waals surface area contributed by atoms with Gasteiger partial charge in [0.2, 0.25) is 0 Å². The van der Waals surface area contributed by atoms with Crippen LogP contribution in [0.2, 0.25) is 0 Å². The SMILES string of the molecule is COc1c(C)cnc(CC(CBr)c2ccc(F)cc2)c1C. The second-order valence-corrected chi connectivity index (χ2v) is 5.80. The third kappa shape index (κ3) is 3.62. The molecule has 2 rings (SSSR count). The maximum absolute atomic E-state index is 13.0. The molecule has 0 fully saturated rings. The number of aryl methyl sites for hydroxylation is 1. The van der Waals surface area contributed by atoms with Gasteiger partial charge in [0.25, 0.3) is 0 Å². The van der Waals surface area contributed by atoms with Crippen LogP contribution in [0.5, 0.6) is 5.75 Å². The van der Waals surface area contributed by atoms with E-state index in [0.717, 1.165) is 39.9 Å². The standard InChI is InChI=1S/C17H19BrFNO/c1-11-10-20-16(12(2)17(11)21-3)8-14(9-18)13-4-6-15(19)7-5-13/h4-7,10,14H,8-9H2,1-3H3. The first-order chi connectivity index (χ1) is 10.1. The summed E-state index contributed by atoms with van der Waals surface area (Å²) in [6.07, 6.45) is 2.64. The van der Waals surface area contributed by atoms with Gasteiger partial charge in [-0.25, -0.2) is 4.39 Å². The summed E-state index contributed by atoms with van der Waals surface area (Å²) in [5, 5.41) is 0.802. The highest BCUT2D eigenvalue weighted by Gasteiger charge is 2.16. The van der Waals surface area contributed by atoms with Gasteiger partial charge >= 0.3 is 0 Å². The first-order valence-corrected chi connectivity index (χ1v) is 7.99. The molecule has 0 radical (unpaired) electrons. The lowest BCUT2D eigenvalue weighted by atomic mass is 9.94. The van der Waals surface area contributed by atoms with Crippen LogP contribution in [0.1, 0.15) is 28.3 Å². The van der Waals surface area contributed by atoms with Gasteiger partial charge in [-0.2, -0.15) is 0 Å². The van der Waals surface area contributed by atoms with E-state index < -0.39 is 0 Å². The van der Waals surface area contributed by atoms with Crippen molar-refractivity contribution in [3.63, 3.8) is 0 Å². The molecule has 1 atom stereocenters. The smallest absolute Gasteiger partial charge is 0.128 e. The molecule has 0 saturated carbocycles. The van der Waals surface area contributed by atoms with Crippen molar-refractivity contribution in [2.75, 3.05) is 12.4 Å². The molecule has 1 heterocycles. The van der Waals surface area contributed by atoms with Gasteiger partial charge in [-0.05, 0) is 43.9 Å². The number of nitrogens with zero attached hydrogens (tertiary/aromatic N) is 1. The van der Waals surface area contributed by atoms with Crippen LogP contribution in [0.25, 0.3) is 0 Å². The molecule has 0 N–H and O–H groups in total. The number of hydrogen-bond acceptors (Lipinski definition) is 2. The van der Waals surface area contributed by atoms with E-state index in [0.29, 0.717) is 0 Å². The number of aromatic nitrogens is 1. The van der Waals surface area contributed by atoms with Crippen LogP contribution in [0.15, 0.2) is 30.5 Å². The van der Waals surface area contributed by atoms with Crippen molar-refractivity contribution in [2.24, 2.45) is 0 Å². The molecule has 0 bridgehead atoms. The van der Waals surface area contributed by atoms with Gasteiger partial charge in [-0.1, -0.05) is 28.1 Å². The molecule has 21 heavy (non-hydrogen) atoms. The van der Waals surface area contributed by atoms with Crippen molar-refractivity contribution in [3.05, 3.63) is 58.7 Å². The minimum Gasteiger partial charge on any atom is -0.496 e. The molecule has 2 aromatic rings. The van der Waals surface area contributed by atoms with Crippen molar-refractivity contribution >= 4 is 15.9 Å². The normalized spacial score (nSPS) is 12.2. The molecule has 1 unspecified atom stereocenters. The average molecular weight is 352 g/mol. The number of rotatable bonds is 5. The number of benzene rings is 1. The number of alkyl halides is 1. The van der Waals surface area contributed by atoms with Gasteiger partial charge in [-0.3, -0.25) is 4.98 Å². The fraction of sp³-hybridized carbons (Fsp3) is 0.353. The van der Waals surface area contributed by atoms with Gasteiger partial charge in [0.05, 0.1) is 7.11 Å². The number of pyridine rings is 1. The largest absolute Gasteiger partial charge is 0.496 e. The van der Waals surface area contributed by atoms with E-state index in [1.54, 1.807) is 7.11 Å². The Balaban J connectivity index is 2.29. The predicted octanol–water partition coefficient (Wildman–Crippen LogP) is 4.57. The van der Waals surface area contributed by atoms with Crippen molar-refractivity contribution in [1.29, 1.82) is 0 Å². The minimum atomic E-state index is -0.210. The number of halogens is 2. The third-order valence-corrected chi connectivity index (χ3v) is 4.50. The molecular formula is C17H19BrFNO. The highest BCUT2D eigenvalue weighted by molar-refractivity contribution is 9.09. The van der Waals surface area contributed by atoms with Crippen LogP contribution in [0.4, 0.5) is 4.39 Å². The van der Waals surface area contributed by atoms with Crippen LogP contribution in [-0.4, -0.2) is 17.4 Å². The Bertz CT molecular complexity index is 613. The van der Waals surface area contributed by atoms with Gasteiger partial charge in [0.1, 0.15) is 11.6 Å². The van der Waals surface area contributed by atoms with E-state index in [1.807, 2.05) is 32.2 Å². The second kappa shape index (κ2) is 7.03. The first-order valence-electron chi connectivity index (χ1n) is 6.87. The highest BCUT2D eigenvalue weighted by Crippen LogP contribution is 2.29. The summed E-state index contributed by atoms with van der Waals surface area (Å²) in [7, 11) is 1.68. The van der Waals surface area contributed by atoms with Crippen LogP contribution in [-0.2, 0) is 6.42 Å². The van der Waals surface area contributed by atoms with E-state index in [9.17, 15) is 4.39 Å². The maximum Gasteiger partial charge on any atom is 0.128 e. The highest BCUT2D eigenvalue weighted by atomic mass is 79.9. The number of ether oxygens (including phenoxy) is 1. The molecule has 112 valence electrons. The quantitative estimate of drug-likeness (QED) is 0.736. The summed E-state index contributed by atoms with van der Waals surface area (Å²) in [5.41, 5.74) is 4.24. The van der Waals surface area contributed by atoms with Crippen molar-refractivity contribution < 1.29 is 9.13 Å². The lowest BCUT2D eigenvalue weighted by Crippen LogP contribution is -2.08. The lowest BCUT2D eigenvalue weighted by Gasteiger charge is -2.17. The number of hydrogen-bond donors (Lipinski definition) is 0. The maximum atomic E-state index is 13.0. The Morgan fingerprint density at radius 2 is 1.90 bits per heavy atom. The monoisotopic (exact) mass is 351 g/mol. The van der Waals surface area contributed by atoms with Gasteiger partial charge in [0, 0.05) is 28.3 Å². The Morgan fingerprint density at radius 1 is 1.24 bits per heavy atom. The molecule has 4 heteroatoms. The van der Waals surface area contributed by atoms with Crippen molar-refractivity contribution in [1.82, 2.24) is 4.98 Å². The molecular weight excluding hydrogens is 333 g/mol. The first kappa shape index (κ1) is 16.0. The van der Waals surface area contributed by atoms with Crippen LogP contribution < -0.4 is 4.74 Å². The molecule has 2 nitrogen and oxygen atoms in total. The van der Waals surface area contributed by atoms with E-state index in [4.69, 9.17) is 4.74 Å². The molecule has 1 aromatic heterocycles. The van der Waals surface area contributed by atoms with E-state index in [-0.39, 0.29) is 11.7 Å². The molecule has 1 aromatic carbocycles. The summed E-state index contributed by atoms with van der Waals surface area (Å²) < 4.78 is 18.5. The molecule has 0 aliphatic heterocycles.